The number of nitrogens with two attached hydrogens (primary N) is 1. The third kappa shape index (κ3) is 4.07. The summed E-state index contributed by atoms with van der Waals surface area (Å²) in [5, 5.41) is 4.01. The predicted molar refractivity (Wildman–Crippen MR) is 101 cm³/mol. The predicted octanol–water partition coefficient (Wildman–Crippen LogP) is 2.93. The van der Waals surface area contributed by atoms with Crippen LogP contribution in [0.15, 0.2) is 54.6 Å². The maximum atomic E-state index is 12.7. The number of nitrogens with one attached hydrogen (secondary N) is 2. The summed E-state index contributed by atoms with van der Waals surface area (Å²) in [5.74, 6) is -0.103. The molecule has 0 spiro atoms. The fraction of sp³-hybridized carbons (Fsp3) is 0.250. The lowest BCUT2D eigenvalue weighted by atomic mass is 10.0. The highest BCUT2D eigenvalue weighted by Gasteiger charge is 2.18. The van der Waals surface area contributed by atoms with Crippen LogP contribution in [0.5, 0.6) is 0 Å². The Balaban J connectivity index is 1.80. The molecule has 0 saturated carbocycles. The van der Waals surface area contributed by atoms with Crippen molar-refractivity contribution in [1.29, 1.82) is 0 Å². The molecule has 1 aromatic heterocycles. The van der Waals surface area contributed by atoms with E-state index in [1.54, 1.807) is 0 Å². The fourth-order valence-corrected chi connectivity index (χ4v) is 2.87. The zero-order valence-corrected chi connectivity index (χ0v) is 14.1. The summed E-state index contributed by atoms with van der Waals surface area (Å²) >= 11 is 0. The van der Waals surface area contributed by atoms with Crippen molar-refractivity contribution < 1.29 is 9.53 Å². The SMILES string of the molecule is NCCOCCCNC(=O)c1[nH]c2ccccc2c1-c1ccccc1. The van der Waals surface area contributed by atoms with Crippen LogP contribution < -0.4 is 11.1 Å². The molecule has 130 valence electrons. The topological polar surface area (TPSA) is 80.1 Å². The van der Waals surface area contributed by atoms with Gasteiger partial charge in [-0.25, -0.2) is 0 Å². The van der Waals surface area contributed by atoms with Crippen molar-refractivity contribution in [2.75, 3.05) is 26.3 Å². The number of H-pyrrole nitrogens is 1. The fourth-order valence-electron chi connectivity index (χ4n) is 2.87. The van der Waals surface area contributed by atoms with Gasteiger partial charge < -0.3 is 20.8 Å². The number of aromatic amines is 1. The van der Waals surface area contributed by atoms with Gasteiger partial charge in [-0.15, -0.1) is 0 Å². The highest BCUT2D eigenvalue weighted by molar-refractivity contribution is 6.09. The zero-order chi connectivity index (χ0) is 17.5. The van der Waals surface area contributed by atoms with E-state index in [1.165, 1.54) is 0 Å². The van der Waals surface area contributed by atoms with Crippen LogP contribution in [0.4, 0.5) is 0 Å². The van der Waals surface area contributed by atoms with Gasteiger partial charge in [0, 0.05) is 36.2 Å². The second kappa shape index (κ2) is 8.46. The molecule has 0 aliphatic rings. The van der Waals surface area contributed by atoms with Gasteiger partial charge in [0.1, 0.15) is 5.69 Å². The van der Waals surface area contributed by atoms with E-state index in [1.807, 2.05) is 54.6 Å². The Hall–Kier alpha value is -2.63. The molecule has 0 saturated heterocycles. The maximum absolute atomic E-state index is 12.7. The number of rotatable bonds is 8. The number of carbonyl (C=O) groups excluding carboxylic acids is 1. The van der Waals surface area contributed by atoms with Gasteiger partial charge in [0.25, 0.3) is 5.91 Å². The number of para-hydroxylation sites is 1. The first-order chi connectivity index (χ1) is 12.3. The summed E-state index contributed by atoms with van der Waals surface area (Å²) in [6.45, 7) is 2.22. The molecule has 0 radical (unpaired) electrons. The third-order valence-electron chi connectivity index (χ3n) is 4.01. The number of amides is 1. The lowest BCUT2D eigenvalue weighted by molar-refractivity contribution is 0.0939. The van der Waals surface area contributed by atoms with E-state index >= 15 is 0 Å². The first kappa shape index (κ1) is 17.2. The van der Waals surface area contributed by atoms with Crippen LogP contribution in [-0.2, 0) is 4.74 Å². The van der Waals surface area contributed by atoms with Crippen LogP contribution in [0.1, 0.15) is 16.9 Å². The van der Waals surface area contributed by atoms with Gasteiger partial charge in [-0.1, -0.05) is 48.5 Å². The van der Waals surface area contributed by atoms with Crippen LogP contribution in [0.25, 0.3) is 22.0 Å². The molecule has 2 aromatic carbocycles. The highest BCUT2D eigenvalue weighted by atomic mass is 16.5. The molecule has 0 aliphatic heterocycles. The summed E-state index contributed by atoms with van der Waals surface area (Å²) in [6, 6.07) is 17.9. The number of ether oxygens (including phenoxy) is 1. The first-order valence-corrected chi connectivity index (χ1v) is 8.53. The van der Waals surface area contributed by atoms with Crippen molar-refractivity contribution in [3.8, 4) is 11.1 Å². The number of fused-ring (bicyclic) bond motifs is 1. The second-order valence-corrected chi connectivity index (χ2v) is 5.80. The average Bonchev–Trinajstić information content (AvgIpc) is 3.05. The minimum absolute atomic E-state index is 0.103. The van der Waals surface area contributed by atoms with Crippen LogP contribution in [0, 0.1) is 0 Å². The van der Waals surface area contributed by atoms with Crippen molar-refractivity contribution in [1.82, 2.24) is 10.3 Å². The third-order valence-corrected chi connectivity index (χ3v) is 4.01. The Morgan fingerprint density at radius 1 is 1.04 bits per heavy atom. The van der Waals surface area contributed by atoms with Crippen molar-refractivity contribution >= 4 is 16.8 Å². The summed E-state index contributed by atoms with van der Waals surface area (Å²) in [6.07, 6.45) is 0.757. The van der Waals surface area contributed by atoms with E-state index in [0.717, 1.165) is 28.5 Å². The van der Waals surface area contributed by atoms with Gasteiger partial charge in [0.2, 0.25) is 0 Å². The molecule has 0 fully saturated rings. The minimum atomic E-state index is -0.103. The Bertz CT molecular complexity index is 827. The molecular formula is C20H23N3O2. The molecule has 0 atom stereocenters. The molecule has 3 rings (SSSR count). The van der Waals surface area contributed by atoms with E-state index in [9.17, 15) is 4.79 Å². The molecule has 0 aliphatic carbocycles. The summed E-state index contributed by atoms with van der Waals surface area (Å²) in [7, 11) is 0. The van der Waals surface area contributed by atoms with Crippen molar-refractivity contribution in [2.24, 2.45) is 5.73 Å². The molecule has 5 nitrogen and oxygen atoms in total. The molecule has 1 heterocycles. The quantitative estimate of drug-likeness (QED) is 0.553. The van der Waals surface area contributed by atoms with Crippen LogP contribution in [0.3, 0.4) is 0 Å². The Labute approximate surface area is 147 Å². The van der Waals surface area contributed by atoms with Gasteiger partial charge >= 0.3 is 0 Å². The van der Waals surface area contributed by atoms with Crippen molar-refractivity contribution in [2.45, 2.75) is 6.42 Å². The van der Waals surface area contributed by atoms with E-state index in [0.29, 0.717) is 32.0 Å². The van der Waals surface area contributed by atoms with Gasteiger partial charge in [-0.05, 0) is 18.1 Å². The lowest BCUT2D eigenvalue weighted by Crippen LogP contribution is -2.26. The maximum Gasteiger partial charge on any atom is 0.268 e. The average molecular weight is 337 g/mol. The van der Waals surface area contributed by atoms with Crippen molar-refractivity contribution in [3.05, 3.63) is 60.3 Å². The lowest BCUT2D eigenvalue weighted by Gasteiger charge is -2.07. The number of aromatic nitrogens is 1. The number of hydrogen-bond donors (Lipinski definition) is 3. The number of hydrogen-bond acceptors (Lipinski definition) is 3. The molecule has 1 amide bonds. The van der Waals surface area contributed by atoms with Gasteiger partial charge in [-0.2, -0.15) is 0 Å². The molecular weight excluding hydrogens is 314 g/mol. The molecule has 25 heavy (non-hydrogen) atoms. The Kier molecular flexibility index (Phi) is 5.82. The molecule has 3 aromatic rings. The number of benzene rings is 2. The molecule has 0 bridgehead atoms. The summed E-state index contributed by atoms with van der Waals surface area (Å²) < 4.78 is 5.33. The van der Waals surface area contributed by atoms with E-state index in [2.05, 4.69) is 10.3 Å². The van der Waals surface area contributed by atoms with Crippen molar-refractivity contribution in [3.63, 3.8) is 0 Å². The van der Waals surface area contributed by atoms with E-state index in [-0.39, 0.29) is 5.91 Å². The molecule has 5 heteroatoms. The standard InChI is InChI=1S/C20H23N3O2/c21-11-14-25-13-6-12-22-20(24)19-18(15-7-2-1-3-8-15)16-9-4-5-10-17(16)23-19/h1-5,7-10,23H,6,11-14,21H2,(H,22,24). The highest BCUT2D eigenvalue weighted by Crippen LogP contribution is 2.32. The minimum Gasteiger partial charge on any atom is -0.380 e. The Morgan fingerprint density at radius 2 is 1.80 bits per heavy atom. The van der Waals surface area contributed by atoms with Gasteiger partial charge in [0.15, 0.2) is 0 Å². The van der Waals surface area contributed by atoms with Crippen LogP contribution in [0.2, 0.25) is 0 Å². The van der Waals surface area contributed by atoms with Crippen LogP contribution >= 0.6 is 0 Å². The normalized spacial score (nSPS) is 10.9. The largest absolute Gasteiger partial charge is 0.380 e. The zero-order valence-electron chi connectivity index (χ0n) is 14.1. The second-order valence-electron chi connectivity index (χ2n) is 5.80. The monoisotopic (exact) mass is 337 g/mol. The summed E-state index contributed by atoms with van der Waals surface area (Å²) in [5.41, 5.74) is 8.89. The number of carbonyl (C=O) groups is 1. The van der Waals surface area contributed by atoms with E-state index < -0.39 is 0 Å². The molecule has 4 N–H and O–H groups in total. The summed E-state index contributed by atoms with van der Waals surface area (Å²) in [4.78, 5) is 16.0. The van der Waals surface area contributed by atoms with Crippen LogP contribution in [-0.4, -0.2) is 37.2 Å². The molecule has 0 unspecified atom stereocenters. The van der Waals surface area contributed by atoms with Gasteiger partial charge in [0.05, 0.1) is 6.61 Å². The smallest absolute Gasteiger partial charge is 0.268 e. The first-order valence-electron chi connectivity index (χ1n) is 8.53. The Morgan fingerprint density at radius 3 is 2.60 bits per heavy atom. The van der Waals surface area contributed by atoms with E-state index in [4.69, 9.17) is 10.5 Å². The van der Waals surface area contributed by atoms with Gasteiger partial charge in [-0.3, -0.25) is 4.79 Å².